The second-order valence-electron chi connectivity index (χ2n) is 9.35. The van der Waals surface area contributed by atoms with Crippen LogP contribution < -0.4 is 10.6 Å². The van der Waals surface area contributed by atoms with Gasteiger partial charge in [-0.15, -0.1) is 0 Å². The molecule has 0 bridgehead atoms. The first kappa shape index (κ1) is 30.8. The summed E-state index contributed by atoms with van der Waals surface area (Å²) < 4.78 is 39.4. The van der Waals surface area contributed by atoms with E-state index >= 15 is 0 Å². The first-order chi connectivity index (χ1) is 18.0. The van der Waals surface area contributed by atoms with E-state index in [2.05, 4.69) is 47.2 Å². The summed E-state index contributed by atoms with van der Waals surface area (Å²) in [6, 6.07) is 6.08. The number of rotatable bonds is 9. The number of hydrogen-bond acceptors (Lipinski definition) is 4. The first-order valence-corrected chi connectivity index (χ1v) is 12.9. The molecule has 0 saturated carbocycles. The third-order valence-corrected chi connectivity index (χ3v) is 6.31. The number of nitrogens with zero attached hydrogens (tertiary/aromatic N) is 2. The number of nitrogens with one attached hydrogen (secondary N) is 3. The lowest BCUT2D eigenvalue weighted by Gasteiger charge is -2.25. The normalized spacial score (nSPS) is 15.2. The van der Waals surface area contributed by atoms with Crippen LogP contribution in [0.25, 0.3) is 11.1 Å². The molecule has 206 valence electrons. The maximum Gasteiger partial charge on any atom is 0.433 e. The van der Waals surface area contributed by atoms with Gasteiger partial charge < -0.3 is 10.6 Å². The van der Waals surface area contributed by atoms with Crippen molar-refractivity contribution >= 4 is 22.5 Å². The molecular formula is C30H40F3N5. The van der Waals surface area contributed by atoms with Crippen molar-refractivity contribution in [3.8, 4) is 0 Å². The molecule has 1 aromatic heterocycles. The van der Waals surface area contributed by atoms with E-state index in [1.165, 1.54) is 31.3 Å². The van der Waals surface area contributed by atoms with Gasteiger partial charge >= 0.3 is 6.18 Å². The van der Waals surface area contributed by atoms with Crippen molar-refractivity contribution in [3.05, 3.63) is 83.5 Å². The summed E-state index contributed by atoms with van der Waals surface area (Å²) in [7, 11) is 0. The molecular weight excluding hydrogens is 487 g/mol. The van der Waals surface area contributed by atoms with Crippen LogP contribution in [0.2, 0.25) is 0 Å². The summed E-state index contributed by atoms with van der Waals surface area (Å²) >= 11 is 0. The van der Waals surface area contributed by atoms with E-state index in [9.17, 15) is 13.2 Å². The van der Waals surface area contributed by atoms with Gasteiger partial charge in [0.2, 0.25) is 0 Å². The zero-order valence-corrected chi connectivity index (χ0v) is 23.3. The highest BCUT2D eigenvalue weighted by atomic mass is 19.4. The molecule has 1 fully saturated rings. The quantitative estimate of drug-likeness (QED) is 0.228. The van der Waals surface area contributed by atoms with E-state index in [1.54, 1.807) is 13.8 Å². The van der Waals surface area contributed by atoms with E-state index in [-0.39, 0.29) is 5.56 Å². The molecule has 8 heteroatoms. The summed E-state index contributed by atoms with van der Waals surface area (Å²) in [6.45, 7) is 18.1. The van der Waals surface area contributed by atoms with Crippen LogP contribution in [-0.2, 0) is 12.6 Å². The van der Waals surface area contributed by atoms with Crippen molar-refractivity contribution in [2.75, 3.05) is 18.4 Å². The highest BCUT2D eigenvalue weighted by Gasteiger charge is 2.35. The summed E-state index contributed by atoms with van der Waals surface area (Å²) in [4.78, 5) is 4.41. The molecule has 0 atom stereocenters. The van der Waals surface area contributed by atoms with Crippen LogP contribution in [-0.4, -0.2) is 29.0 Å². The Kier molecular flexibility index (Phi) is 11.8. The number of H-pyrrole nitrogens is 1. The molecule has 38 heavy (non-hydrogen) atoms. The Hall–Kier alpha value is -3.39. The van der Waals surface area contributed by atoms with Crippen LogP contribution in [0.5, 0.6) is 0 Å². The fraction of sp³-hybridized carbons (Fsp3) is 0.400. The van der Waals surface area contributed by atoms with Gasteiger partial charge in [-0.05, 0) is 88.0 Å². The van der Waals surface area contributed by atoms with Gasteiger partial charge in [0.15, 0.2) is 0 Å². The monoisotopic (exact) mass is 527 g/mol. The lowest BCUT2D eigenvalue weighted by atomic mass is 9.99. The summed E-state index contributed by atoms with van der Waals surface area (Å²) in [6.07, 6.45) is 5.92. The smallest absolute Gasteiger partial charge is 0.354 e. The Labute approximate surface area is 224 Å². The van der Waals surface area contributed by atoms with Crippen molar-refractivity contribution in [3.63, 3.8) is 0 Å². The van der Waals surface area contributed by atoms with E-state index in [0.29, 0.717) is 11.3 Å². The zero-order chi connectivity index (χ0) is 28.3. The second-order valence-corrected chi connectivity index (χ2v) is 9.35. The fourth-order valence-corrected chi connectivity index (χ4v) is 3.75. The van der Waals surface area contributed by atoms with Crippen molar-refractivity contribution in [2.24, 2.45) is 10.9 Å². The molecule has 1 saturated heterocycles. The van der Waals surface area contributed by atoms with Crippen molar-refractivity contribution < 1.29 is 13.2 Å². The van der Waals surface area contributed by atoms with Crippen LogP contribution in [0.4, 0.5) is 18.9 Å². The predicted octanol–water partition coefficient (Wildman–Crippen LogP) is 8.03. The van der Waals surface area contributed by atoms with Crippen LogP contribution in [0.3, 0.4) is 0 Å². The molecule has 2 heterocycles. The van der Waals surface area contributed by atoms with E-state index in [4.69, 9.17) is 0 Å². The van der Waals surface area contributed by atoms with E-state index in [1.807, 2.05) is 49.3 Å². The molecule has 0 radical (unpaired) electrons. The molecule has 5 nitrogen and oxygen atoms in total. The van der Waals surface area contributed by atoms with Gasteiger partial charge in [-0.1, -0.05) is 50.6 Å². The van der Waals surface area contributed by atoms with E-state index < -0.39 is 11.9 Å². The number of halogens is 3. The Morgan fingerprint density at radius 2 is 1.89 bits per heavy atom. The number of aryl methyl sites for hydroxylation is 1. The fourth-order valence-electron chi connectivity index (χ4n) is 3.75. The largest absolute Gasteiger partial charge is 0.433 e. The summed E-state index contributed by atoms with van der Waals surface area (Å²) in [5.41, 5.74) is 5.02. The standard InChI is InChI=1S/C25H29F3N4.C5H11N/c1-7-9-10-23(31-20-11-12-21(16(3)4)19(8-2)13-20)18(6)29-14-17(5)22-15-30-32-24(22)25(26,27)28;1-2-5-3-6-4-5/h7,9-15,31H,3,8H2,1-2,4-6H3,(H,30,32);5-6H,2-4H2,1H3/b9-7-,17-14+,23-10+,29-18+;. The lowest BCUT2D eigenvalue weighted by molar-refractivity contribution is -0.141. The number of allylic oxidation sites excluding steroid dienone is 6. The Morgan fingerprint density at radius 1 is 1.18 bits per heavy atom. The number of aromatic nitrogens is 2. The highest BCUT2D eigenvalue weighted by molar-refractivity contribution is 6.01. The van der Waals surface area contributed by atoms with Gasteiger partial charge in [0.05, 0.1) is 17.6 Å². The average molecular weight is 528 g/mol. The average Bonchev–Trinajstić information content (AvgIpc) is 3.35. The first-order valence-electron chi connectivity index (χ1n) is 12.9. The van der Waals surface area contributed by atoms with E-state index in [0.717, 1.165) is 41.1 Å². The molecule has 1 aliphatic heterocycles. The zero-order valence-electron chi connectivity index (χ0n) is 23.3. The minimum atomic E-state index is -4.51. The third kappa shape index (κ3) is 8.87. The summed E-state index contributed by atoms with van der Waals surface area (Å²) in [5.74, 6) is 1.00. The minimum absolute atomic E-state index is 0.0241. The van der Waals surface area contributed by atoms with Gasteiger partial charge in [-0.25, -0.2) is 0 Å². The van der Waals surface area contributed by atoms with Crippen LogP contribution >= 0.6 is 0 Å². The Balaban J connectivity index is 0.000000739. The molecule has 0 aliphatic carbocycles. The van der Waals surface area contributed by atoms with Gasteiger partial charge in [0, 0.05) is 17.5 Å². The molecule has 1 aliphatic rings. The maximum atomic E-state index is 13.1. The molecule has 3 N–H and O–H groups in total. The number of benzene rings is 1. The summed E-state index contributed by atoms with van der Waals surface area (Å²) in [5, 5.41) is 12.1. The Bertz CT molecular complexity index is 1190. The molecule has 0 amide bonds. The third-order valence-electron chi connectivity index (χ3n) is 6.31. The number of aromatic amines is 1. The lowest BCUT2D eigenvalue weighted by Crippen LogP contribution is -2.41. The van der Waals surface area contributed by atoms with Gasteiger partial charge in [0.1, 0.15) is 5.69 Å². The second kappa shape index (κ2) is 14.5. The van der Waals surface area contributed by atoms with Crippen molar-refractivity contribution in [1.82, 2.24) is 15.5 Å². The topological polar surface area (TPSA) is 65.1 Å². The molecule has 0 spiro atoms. The van der Waals surface area contributed by atoms with Crippen LogP contribution in [0, 0.1) is 5.92 Å². The number of anilines is 1. The van der Waals surface area contributed by atoms with Gasteiger partial charge in [0.25, 0.3) is 0 Å². The van der Waals surface area contributed by atoms with Gasteiger partial charge in [-0.3, -0.25) is 10.1 Å². The number of aliphatic imine (C=N–C) groups is 1. The number of hydrogen-bond donors (Lipinski definition) is 3. The highest BCUT2D eigenvalue weighted by Crippen LogP contribution is 2.33. The maximum absolute atomic E-state index is 13.1. The molecule has 2 aromatic rings. The molecule has 1 aromatic carbocycles. The Morgan fingerprint density at radius 3 is 2.39 bits per heavy atom. The molecule has 0 unspecified atom stereocenters. The van der Waals surface area contributed by atoms with Crippen molar-refractivity contribution in [2.45, 2.75) is 60.6 Å². The predicted molar refractivity (Wildman–Crippen MR) is 154 cm³/mol. The molecule has 3 rings (SSSR count). The van der Waals surface area contributed by atoms with Crippen LogP contribution in [0.1, 0.15) is 70.3 Å². The van der Waals surface area contributed by atoms with Crippen LogP contribution in [0.15, 0.2) is 66.1 Å². The SMILES string of the molecule is C=C(C)c1ccc(NC(=C/C=C\C)/C(C)=N/C=C(\C)c2cn[nH]c2C(F)(F)F)cc1CC.CCC1CNC1. The minimum Gasteiger partial charge on any atom is -0.354 e. The van der Waals surface area contributed by atoms with Gasteiger partial charge in [-0.2, -0.15) is 18.3 Å². The number of alkyl halides is 3. The van der Waals surface area contributed by atoms with Crippen molar-refractivity contribution in [1.29, 1.82) is 0 Å².